The van der Waals surface area contributed by atoms with Gasteiger partial charge in [0.25, 0.3) is 0 Å². The van der Waals surface area contributed by atoms with Gasteiger partial charge in [-0.2, -0.15) is 0 Å². The minimum absolute atomic E-state index is 0.305. The summed E-state index contributed by atoms with van der Waals surface area (Å²) in [5, 5.41) is 0. The molecular weight excluding hydrogens is 272 g/mol. The molecule has 17 heavy (non-hydrogen) atoms. The van der Waals surface area contributed by atoms with Crippen LogP contribution in [0.4, 0.5) is 0 Å². The summed E-state index contributed by atoms with van der Waals surface area (Å²) >= 11 is 3.82. The zero-order valence-electron chi connectivity index (χ0n) is 9.86. The van der Waals surface area contributed by atoms with Gasteiger partial charge in [0.2, 0.25) is 0 Å². The van der Waals surface area contributed by atoms with Crippen molar-refractivity contribution in [2.45, 2.75) is 11.2 Å². The fraction of sp³-hybridized carbons (Fsp3) is 0.125. The molecule has 0 aliphatic carbocycles. The molecule has 0 saturated heterocycles. The van der Waals surface area contributed by atoms with Crippen LogP contribution in [0, 0.1) is 6.92 Å². The van der Waals surface area contributed by atoms with E-state index in [0.29, 0.717) is 0 Å². The Morgan fingerprint density at radius 1 is 1.00 bits per heavy atom. The van der Waals surface area contributed by atoms with Crippen LogP contribution in [0.2, 0.25) is 0 Å². The van der Waals surface area contributed by atoms with E-state index in [1.165, 1.54) is 16.7 Å². The Kier molecular flexibility index (Phi) is 3.49. The lowest BCUT2D eigenvalue weighted by molar-refractivity contribution is 0.962. The van der Waals surface area contributed by atoms with E-state index < -0.39 is 0 Å². The van der Waals surface area contributed by atoms with Crippen LogP contribution in [0.5, 0.6) is 0 Å². The zero-order valence-corrected chi connectivity index (χ0v) is 11.4. The van der Waals surface area contributed by atoms with Crippen LogP contribution in [0.25, 0.3) is 0 Å². The summed E-state index contributed by atoms with van der Waals surface area (Å²) in [6.07, 6.45) is 1.94. The quantitative estimate of drug-likeness (QED) is 0.561. The van der Waals surface area contributed by atoms with Gasteiger partial charge in [-0.25, -0.2) is 0 Å². The molecule has 0 spiro atoms. The highest BCUT2D eigenvalue weighted by molar-refractivity contribution is 9.09. The first-order chi connectivity index (χ1) is 8.16. The normalized spacial score (nSPS) is 14.0. The highest BCUT2D eigenvalue weighted by atomic mass is 79.9. The second kappa shape index (κ2) is 4.89. The highest BCUT2D eigenvalue weighted by Crippen LogP contribution is 2.39. The Labute approximate surface area is 111 Å². The average Bonchev–Trinajstić information content (AvgIpc) is 2.39. The van der Waals surface area contributed by atoms with E-state index in [0.717, 1.165) is 0 Å². The van der Waals surface area contributed by atoms with E-state index in [1.54, 1.807) is 0 Å². The van der Waals surface area contributed by atoms with E-state index in [9.17, 15) is 0 Å². The maximum Gasteiger partial charge on any atom is 0.0932 e. The van der Waals surface area contributed by atoms with Gasteiger partial charge in [0.15, 0.2) is 0 Å². The smallest absolute Gasteiger partial charge is 0.0932 e. The highest BCUT2D eigenvalue weighted by Gasteiger charge is 2.27. The van der Waals surface area contributed by atoms with Crippen molar-refractivity contribution in [3.05, 3.63) is 83.9 Å². The van der Waals surface area contributed by atoms with Gasteiger partial charge in [0, 0.05) is 0 Å². The third kappa shape index (κ3) is 2.34. The first-order valence-corrected chi connectivity index (χ1v) is 6.41. The van der Waals surface area contributed by atoms with Gasteiger partial charge in [-0.05, 0) is 18.1 Å². The van der Waals surface area contributed by atoms with Crippen LogP contribution in [0.15, 0.2) is 67.3 Å². The standard InChI is InChI=1S/C16H15Br/c1-3-16(17,14-9-5-4-6-10-14)15-11-7-8-13(2)12-15/h3-12H,1H2,2H3. The molecule has 86 valence electrons. The van der Waals surface area contributed by atoms with E-state index in [1.807, 2.05) is 24.3 Å². The molecule has 1 heteroatoms. The summed E-state index contributed by atoms with van der Waals surface area (Å²) in [7, 11) is 0. The van der Waals surface area contributed by atoms with Crippen molar-refractivity contribution in [2.24, 2.45) is 0 Å². The number of benzene rings is 2. The lowest BCUT2D eigenvalue weighted by Gasteiger charge is -2.25. The third-order valence-corrected chi connectivity index (χ3v) is 4.15. The topological polar surface area (TPSA) is 0 Å². The molecule has 0 heterocycles. The van der Waals surface area contributed by atoms with E-state index >= 15 is 0 Å². The van der Waals surface area contributed by atoms with Crippen molar-refractivity contribution in [3.8, 4) is 0 Å². The monoisotopic (exact) mass is 286 g/mol. The van der Waals surface area contributed by atoms with Crippen molar-refractivity contribution >= 4 is 15.9 Å². The molecule has 0 nitrogen and oxygen atoms in total. The van der Waals surface area contributed by atoms with Crippen molar-refractivity contribution in [1.82, 2.24) is 0 Å². The molecule has 0 radical (unpaired) electrons. The minimum Gasteiger partial charge on any atom is -0.101 e. The molecule has 0 amide bonds. The van der Waals surface area contributed by atoms with Crippen LogP contribution >= 0.6 is 15.9 Å². The van der Waals surface area contributed by atoms with Crippen LogP contribution in [0.3, 0.4) is 0 Å². The lowest BCUT2D eigenvalue weighted by Crippen LogP contribution is -2.16. The lowest BCUT2D eigenvalue weighted by atomic mass is 9.90. The van der Waals surface area contributed by atoms with Gasteiger partial charge >= 0.3 is 0 Å². The molecule has 0 aliphatic rings. The van der Waals surface area contributed by atoms with Gasteiger partial charge < -0.3 is 0 Å². The first kappa shape index (κ1) is 12.1. The van der Waals surface area contributed by atoms with Gasteiger partial charge in [-0.1, -0.05) is 82.2 Å². The molecule has 2 aromatic carbocycles. The first-order valence-electron chi connectivity index (χ1n) is 5.62. The van der Waals surface area contributed by atoms with Gasteiger partial charge in [-0.15, -0.1) is 6.58 Å². The largest absolute Gasteiger partial charge is 0.101 e. The maximum atomic E-state index is 3.97. The van der Waals surface area contributed by atoms with Gasteiger partial charge in [-0.3, -0.25) is 0 Å². The predicted molar refractivity (Wildman–Crippen MR) is 77.5 cm³/mol. The molecule has 0 aromatic heterocycles. The average molecular weight is 287 g/mol. The minimum atomic E-state index is -0.305. The number of aryl methyl sites for hydroxylation is 1. The summed E-state index contributed by atoms with van der Waals surface area (Å²) in [6, 6.07) is 18.8. The van der Waals surface area contributed by atoms with Crippen molar-refractivity contribution in [2.75, 3.05) is 0 Å². The number of allylic oxidation sites excluding steroid dienone is 1. The Bertz CT molecular complexity index is 516. The fourth-order valence-corrected chi connectivity index (χ4v) is 2.47. The third-order valence-electron chi connectivity index (χ3n) is 2.91. The van der Waals surface area contributed by atoms with Gasteiger partial charge in [0.1, 0.15) is 0 Å². The predicted octanol–water partition coefficient (Wildman–Crippen LogP) is 4.82. The van der Waals surface area contributed by atoms with Crippen molar-refractivity contribution in [3.63, 3.8) is 0 Å². The summed E-state index contributed by atoms with van der Waals surface area (Å²) < 4.78 is -0.305. The molecule has 0 N–H and O–H groups in total. The number of hydrogen-bond donors (Lipinski definition) is 0. The van der Waals surface area contributed by atoms with Crippen LogP contribution in [-0.4, -0.2) is 0 Å². The Hall–Kier alpha value is -1.34. The van der Waals surface area contributed by atoms with Crippen molar-refractivity contribution < 1.29 is 0 Å². The Morgan fingerprint density at radius 2 is 1.65 bits per heavy atom. The SMILES string of the molecule is C=CC(Br)(c1ccccc1)c1cccc(C)c1. The molecule has 1 atom stereocenters. The number of alkyl halides is 1. The van der Waals surface area contributed by atoms with Crippen LogP contribution in [0.1, 0.15) is 16.7 Å². The van der Waals surface area contributed by atoms with Crippen LogP contribution < -0.4 is 0 Å². The summed E-state index contributed by atoms with van der Waals surface area (Å²) in [4.78, 5) is 0. The molecule has 0 saturated carbocycles. The number of halogens is 1. The second-order valence-electron chi connectivity index (χ2n) is 4.15. The summed E-state index contributed by atoms with van der Waals surface area (Å²) in [5.41, 5.74) is 3.66. The molecule has 2 rings (SSSR count). The second-order valence-corrected chi connectivity index (χ2v) is 5.40. The van der Waals surface area contributed by atoms with E-state index in [2.05, 4.69) is 65.8 Å². The summed E-state index contributed by atoms with van der Waals surface area (Å²) in [5.74, 6) is 0. The zero-order chi connectivity index (χ0) is 12.3. The summed E-state index contributed by atoms with van der Waals surface area (Å²) in [6.45, 7) is 6.07. The van der Waals surface area contributed by atoms with Crippen molar-refractivity contribution in [1.29, 1.82) is 0 Å². The molecule has 0 aliphatic heterocycles. The maximum absolute atomic E-state index is 3.97. The Morgan fingerprint density at radius 3 is 2.24 bits per heavy atom. The Balaban J connectivity index is 2.56. The van der Waals surface area contributed by atoms with E-state index in [-0.39, 0.29) is 4.32 Å². The molecule has 1 unspecified atom stereocenters. The molecular formula is C16H15Br. The number of hydrogen-bond acceptors (Lipinski definition) is 0. The number of rotatable bonds is 3. The molecule has 0 bridgehead atoms. The molecule has 2 aromatic rings. The van der Waals surface area contributed by atoms with E-state index in [4.69, 9.17) is 0 Å². The fourth-order valence-electron chi connectivity index (χ4n) is 1.95. The molecule has 0 fully saturated rings. The van der Waals surface area contributed by atoms with Crippen LogP contribution in [-0.2, 0) is 4.32 Å². The van der Waals surface area contributed by atoms with Gasteiger partial charge in [0.05, 0.1) is 4.32 Å².